The van der Waals surface area contributed by atoms with Gasteiger partial charge in [-0.15, -0.1) is 0 Å². The molecule has 0 bridgehead atoms. The largest absolute Gasteiger partial charge is 0.480 e. The van der Waals surface area contributed by atoms with E-state index in [9.17, 15) is 18.0 Å². The average Bonchev–Trinajstić information content (AvgIpc) is 2.46. The number of ether oxygens (including phenoxy) is 1. The van der Waals surface area contributed by atoms with Gasteiger partial charge in [0.1, 0.15) is 5.75 Å². The molecular weight excluding hydrogens is 297 g/mol. The molecule has 7 heteroatoms. The van der Waals surface area contributed by atoms with Crippen molar-refractivity contribution in [1.29, 1.82) is 0 Å². The Morgan fingerprint density at radius 1 is 1.41 bits per heavy atom. The van der Waals surface area contributed by atoms with Gasteiger partial charge in [0.25, 0.3) is 5.91 Å². The van der Waals surface area contributed by atoms with Crippen molar-refractivity contribution >= 4 is 5.91 Å². The predicted molar refractivity (Wildman–Crippen MR) is 75.6 cm³/mol. The fourth-order valence-corrected chi connectivity index (χ4v) is 2.45. The van der Waals surface area contributed by atoms with Crippen LogP contribution in [0, 0.1) is 0 Å². The summed E-state index contributed by atoms with van der Waals surface area (Å²) in [7, 11) is 0. The lowest BCUT2D eigenvalue weighted by Crippen LogP contribution is -2.55. The minimum atomic E-state index is -4.51. The van der Waals surface area contributed by atoms with Gasteiger partial charge in [-0.1, -0.05) is 12.1 Å². The van der Waals surface area contributed by atoms with Gasteiger partial charge in [0.2, 0.25) is 0 Å². The fourth-order valence-electron chi connectivity index (χ4n) is 2.45. The number of hydrogen-bond donors (Lipinski definition) is 1. The quantitative estimate of drug-likeness (QED) is 0.930. The number of benzene rings is 1. The minimum absolute atomic E-state index is 0.00911. The second-order valence-corrected chi connectivity index (χ2v) is 5.34. The molecular formula is C15H19F3N2O2. The van der Waals surface area contributed by atoms with Gasteiger partial charge in [0.15, 0.2) is 6.10 Å². The molecule has 1 aromatic carbocycles. The minimum Gasteiger partial charge on any atom is -0.480 e. The lowest BCUT2D eigenvalue weighted by molar-refractivity contribution is -0.145. The summed E-state index contributed by atoms with van der Waals surface area (Å²) in [6.07, 6.45) is -5.48. The van der Waals surface area contributed by atoms with Crippen LogP contribution in [0.3, 0.4) is 0 Å². The molecule has 1 amide bonds. The Labute approximate surface area is 127 Å². The molecule has 1 aliphatic heterocycles. The van der Waals surface area contributed by atoms with Gasteiger partial charge in [0.05, 0.1) is 5.56 Å². The number of rotatable bonds is 3. The summed E-state index contributed by atoms with van der Waals surface area (Å²) < 4.78 is 44.1. The van der Waals surface area contributed by atoms with Crippen molar-refractivity contribution in [2.24, 2.45) is 0 Å². The van der Waals surface area contributed by atoms with Crippen molar-refractivity contribution in [3.63, 3.8) is 0 Å². The van der Waals surface area contributed by atoms with Crippen LogP contribution in [-0.4, -0.2) is 42.6 Å². The van der Waals surface area contributed by atoms with Gasteiger partial charge in [-0.3, -0.25) is 4.79 Å². The van der Waals surface area contributed by atoms with Crippen molar-refractivity contribution in [2.45, 2.75) is 32.2 Å². The predicted octanol–water partition coefficient (Wildman–Crippen LogP) is 2.29. The zero-order chi connectivity index (χ0) is 16.3. The van der Waals surface area contributed by atoms with Crippen molar-refractivity contribution < 1.29 is 22.7 Å². The molecule has 1 saturated heterocycles. The first-order valence-corrected chi connectivity index (χ1v) is 7.15. The summed E-state index contributed by atoms with van der Waals surface area (Å²) in [5.74, 6) is -0.621. The van der Waals surface area contributed by atoms with E-state index in [1.807, 2.05) is 6.92 Å². The highest BCUT2D eigenvalue weighted by Gasteiger charge is 2.35. The van der Waals surface area contributed by atoms with E-state index in [4.69, 9.17) is 4.74 Å². The zero-order valence-electron chi connectivity index (χ0n) is 12.5. The fraction of sp³-hybridized carbons (Fsp3) is 0.533. The lowest BCUT2D eigenvalue weighted by Gasteiger charge is -2.35. The molecule has 2 rings (SSSR count). The van der Waals surface area contributed by atoms with Crippen LogP contribution in [-0.2, 0) is 11.0 Å². The van der Waals surface area contributed by atoms with E-state index >= 15 is 0 Å². The number of carbonyl (C=O) groups excluding carboxylic acids is 1. The van der Waals surface area contributed by atoms with Crippen LogP contribution >= 0.6 is 0 Å². The third-order valence-corrected chi connectivity index (χ3v) is 3.63. The second-order valence-electron chi connectivity index (χ2n) is 5.34. The topological polar surface area (TPSA) is 41.6 Å². The molecule has 1 aromatic rings. The highest BCUT2D eigenvalue weighted by molar-refractivity contribution is 5.81. The van der Waals surface area contributed by atoms with E-state index in [-0.39, 0.29) is 17.7 Å². The molecule has 1 aliphatic rings. The van der Waals surface area contributed by atoms with E-state index in [1.54, 1.807) is 4.90 Å². The number of alkyl halides is 3. The Kier molecular flexibility index (Phi) is 4.95. The first-order chi connectivity index (χ1) is 10.3. The Morgan fingerprint density at radius 3 is 2.73 bits per heavy atom. The smallest absolute Gasteiger partial charge is 0.419 e. The summed E-state index contributed by atoms with van der Waals surface area (Å²) in [6.45, 7) is 5.22. The van der Waals surface area contributed by atoms with E-state index in [2.05, 4.69) is 5.32 Å². The standard InChI is InChI=1S/C15H19F3N2O2/c1-10-9-19-7-8-20(10)14(21)11(2)22-13-6-4-3-5-12(13)15(16,17)18/h3-6,10-11,19H,7-9H2,1-2H3/t10-,11?/m1/s1. The Balaban J connectivity index is 2.12. The first-order valence-electron chi connectivity index (χ1n) is 7.15. The Bertz CT molecular complexity index is 534. The highest BCUT2D eigenvalue weighted by atomic mass is 19.4. The van der Waals surface area contributed by atoms with Crippen molar-refractivity contribution in [3.8, 4) is 5.75 Å². The third-order valence-electron chi connectivity index (χ3n) is 3.63. The monoisotopic (exact) mass is 316 g/mol. The van der Waals surface area contributed by atoms with E-state index in [0.717, 1.165) is 6.07 Å². The summed E-state index contributed by atoms with van der Waals surface area (Å²) in [5, 5.41) is 3.15. The van der Waals surface area contributed by atoms with Gasteiger partial charge < -0.3 is 15.0 Å². The first kappa shape index (κ1) is 16.6. The number of para-hydroxylation sites is 1. The molecule has 1 fully saturated rings. The van der Waals surface area contributed by atoms with Gasteiger partial charge >= 0.3 is 6.18 Å². The normalized spacial score (nSPS) is 20.6. The summed E-state index contributed by atoms with van der Waals surface area (Å²) in [5.41, 5.74) is -0.872. The van der Waals surface area contributed by atoms with Gasteiger partial charge in [-0.05, 0) is 26.0 Å². The van der Waals surface area contributed by atoms with Crippen LogP contribution in [0.15, 0.2) is 24.3 Å². The van der Waals surface area contributed by atoms with Crippen LogP contribution in [0.2, 0.25) is 0 Å². The van der Waals surface area contributed by atoms with Crippen molar-refractivity contribution in [1.82, 2.24) is 10.2 Å². The van der Waals surface area contributed by atoms with Crippen molar-refractivity contribution in [2.75, 3.05) is 19.6 Å². The third kappa shape index (κ3) is 3.71. The number of hydrogen-bond acceptors (Lipinski definition) is 3. The molecule has 1 N–H and O–H groups in total. The summed E-state index contributed by atoms with van der Waals surface area (Å²) in [6, 6.07) is 4.91. The SMILES string of the molecule is CC(Oc1ccccc1C(F)(F)F)C(=O)N1CCNC[C@H]1C. The molecule has 2 atom stereocenters. The maximum atomic E-state index is 12.9. The molecule has 0 saturated carbocycles. The molecule has 0 aliphatic carbocycles. The number of nitrogens with one attached hydrogen (secondary N) is 1. The second kappa shape index (κ2) is 6.56. The Morgan fingerprint density at radius 2 is 2.09 bits per heavy atom. The van der Waals surface area contributed by atoms with Gasteiger partial charge in [-0.25, -0.2) is 0 Å². The average molecular weight is 316 g/mol. The molecule has 1 heterocycles. The molecule has 122 valence electrons. The van der Waals surface area contributed by atoms with Crippen LogP contribution in [0.25, 0.3) is 0 Å². The van der Waals surface area contributed by atoms with Crippen LogP contribution in [0.1, 0.15) is 19.4 Å². The maximum absolute atomic E-state index is 12.9. The molecule has 0 aromatic heterocycles. The van der Waals surface area contributed by atoms with Gasteiger partial charge in [-0.2, -0.15) is 13.2 Å². The number of carbonyl (C=O) groups is 1. The maximum Gasteiger partial charge on any atom is 0.419 e. The van der Waals surface area contributed by atoms with E-state index < -0.39 is 17.8 Å². The molecule has 1 unspecified atom stereocenters. The van der Waals surface area contributed by atoms with Gasteiger partial charge in [0, 0.05) is 25.7 Å². The van der Waals surface area contributed by atoms with Crippen LogP contribution in [0.5, 0.6) is 5.75 Å². The lowest BCUT2D eigenvalue weighted by atomic mass is 10.1. The number of amides is 1. The van der Waals surface area contributed by atoms with E-state index in [0.29, 0.717) is 19.6 Å². The Hall–Kier alpha value is -1.76. The summed E-state index contributed by atoms with van der Waals surface area (Å²) >= 11 is 0. The van der Waals surface area contributed by atoms with Crippen LogP contribution < -0.4 is 10.1 Å². The zero-order valence-corrected chi connectivity index (χ0v) is 12.5. The van der Waals surface area contributed by atoms with Crippen molar-refractivity contribution in [3.05, 3.63) is 29.8 Å². The molecule has 0 spiro atoms. The van der Waals surface area contributed by atoms with Crippen LogP contribution in [0.4, 0.5) is 13.2 Å². The summed E-state index contributed by atoms with van der Waals surface area (Å²) in [4.78, 5) is 14.0. The molecule has 22 heavy (non-hydrogen) atoms. The number of piperazine rings is 1. The highest BCUT2D eigenvalue weighted by Crippen LogP contribution is 2.36. The molecule has 4 nitrogen and oxygen atoms in total. The number of halogens is 3. The molecule has 0 radical (unpaired) electrons. The number of nitrogens with zero attached hydrogens (tertiary/aromatic N) is 1. The van der Waals surface area contributed by atoms with E-state index in [1.165, 1.54) is 25.1 Å².